The van der Waals surface area contributed by atoms with Crippen molar-refractivity contribution < 1.29 is 24.2 Å². The molecule has 2 unspecified atom stereocenters. The third-order valence-corrected chi connectivity index (χ3v) is 5.59. The molecule has 3 amide bonds. The minimum atomic E-state index is -1.02. The van der Waals surface area contributed by atoms with E-state index in [1.807, 2.05) is 75.4 Å². The monoisotopic (exact) mass is 511 g/mol. The highest BCUT2D eigenvalue weighted by molar-refractivity contribution is 5.92. The summed E-state index contributed by atoms with van der Waals surface area (Å²) in [6, 6.07) is 14.6. The first kappa shape index (κ1) is 29.8. The molecule has 0 aliphatic carbocycles. The molecule has 0 aliphatic heterocycles. The molecule has 0 saturated carbocycles. The molecule has 0 bridgehead atoms. The van der Waals surface area contributed by atoms with Gasteiger partial charge in [-0.3, -0.25) is 9.59 Å². The second-order valence-electron chi connectivity index (χ2n) is 10.3. The largest absolute Gasteiger partial charge is 0.444 e. The zero-order chi connectivity index (χ0) is 27.6. The zero-order valence-electron chi connectivity index (χ0n) is 22.8. The van der Waals surface area contributed by atoms with Crippen LogP contribution in [0.3, 0.4) is 0 Å². The molecule has 3 N–H and O–H groups in total. The van der Waals surface area contributed by atoms with E-state index in [0.717, 1.165) is 17.5 Å². The minimum Gasteiger partial charge on any atom is -0.444 e. The highest BCUT2D eigenvalue weighted by Gasteiger charge is 2.36. The maximum atomic E-state index is 14.0. The molecule has 0 aromatic heterocycles. The van der Waals surface area contributed by atoms with Crippen molar-refractivity contribution in [3.05, 3.63) is 71.3 Å². The van der Waals surface area contributed by atoms with Gasteiger partial charge in [0.05, 0.1) is 6.61 Å². The van der Waals surface area contributed by atoms with E-state index in [1.54, 1.807) is 20.8 Å². The number of hydrogen-bond donors (Lipinski definition) is 3. The van der Waals surface area contributed by atoms with E-state index in [0.29, 0.717) is 5.56 Å². The summed E-state index contributed by atoms with van der Waals surface area (Å²) in [6.45, 7) is 10.5. The number of ether oxygens (including phenoxy) is 1. The van der Waals surface area contributed by atoms with Crippen LogP contribution in [0, 0.1) is 0 Å². The van der Waals surface area contributed by atoms with Gasteiger partial charge in [0.15, 0.2) is 0 Å². The van der Waals surface area contributed by atoms with Crippen molar-refractivity contribution in [1.29, 1.82) is 0 Å². The Kier molecular flexibility index (Phi) is 11.1. The number of aryl methyl sites for hydroxylation is 1. The van der Waals surface area contributed by atoms with Crippen molar-refractivity contribution in [2.24, 2.45) is 0 Å². The number of nitrogens with one attached hydrogen (secondary N) is 2. The number of nitrogens with zero attached hydrogens (tertiary/aromatic N) is 1. The molecule has 0 fully saturated rings. The first-order valence-electron chi connectivity index (χ1n) is 12.8. The standard InChI is InChI=1S/C29H41N3O5/c1-7-21-13-15-23(16-14-21)25(26(34)30-20(2)3)32(17-18-33)27(35)24(19-22-11-9-8-10-12-22)31-28(36)37-29(4,5)6/h8-16,20,24-25,33H,7,17-19H2,1-6H3,(H,30,34)(H,31,36). The molecule has 2 atom stereocenters. The lowest BCUT2D eigenvalue weighted by Crippen LogP contribution is -2.54. The van der Waals surface area contributed by atoms with Gasteiger partial charge in [-0.2, -0.15) is 0 Å². The van der Waals surface area contributed by atoms with Crippen LogP contribution in [-0.2, 0) is 27.2 Å². The Balaban J connectivity index is 2.50. The van der Waals surface area contributed by atoms with Crippen molar-refractivity contribution in [2.75, 3.05) is 13.2 Å². The van der Waals surface area contributed by atoms with Gasteiger partial charge in [0.25, 0.3) is 0 Å². The summed E-state index contributed by atoms with van der Waals surface area (Å²) in [4.78, 5) is 41.5. The number of carbonyl (C=O) groups is 3. The van der Waals surface area contributed by atoms with Gasteiger partial charge in [0.2, 0.25) is 11.8 Å². The number of benzene rings is 2. The Hall–Kier alpha value is -3.39. The Labute approximate surface area is 220 Å². The van der Waals surface area contributed by atoms with Crippen molar-refractivity contribution >= 4 is 17.9 Å². The van der Waals surface area contributed by atoms with Crippen LogP contribution in [0.25, 0.3) is 0 Å². The summed E-state index contributed by atoms with van der Waals surface area (Å²) in [5.74, 6) is -0.857. The van der Waals surface area contributed by atoms with E-state index >= 15 is 0 Å². The lowest BCUT2D eigenvalue weighted by Gasteiger charge is -2.34. The van der Waals surface area contributed by atoms with Crippen LogP contribution < -0.4 is 10.6 Å². The molecule has 202 valence electrons. The van der Waals surface area contributed by atoms with Gasteiger partial charge in [-0.05, 0) is 57.7 Å². The van der Waals surface area contributed by atoms with E-state index in [-0.39, 0.29) is 31.5 Å². The number of aliphatic hydroxyl groups excluding tert-OH is 1. The van der Waals surface area contributed by atoms with Crippen LogP contribution >= 0.6 is 0 Å². The molecule has 0 spiro atoms. The third kappa shape index (κ3) is 9.53. The van der Waals surface area contributed by atoms with E-state index in [1.165, 1.54) is 4.90 Å². The molecular weight excluding hydrogens is 470 g/mol. The van der Waals surface area contributed by atoms with Gasteiger partial charge in [-0.25, -0.2) is 4.79 Å². The Morgan fingerprint density at radius 3 is 2.08 bits per heavy atom. The summed E-state index contributed by atoms with van der Waals surface area (Å²) in [6.07, 6.45) is 0.288. The number of hydrogen-bond acceptors (Lipinski definition) is 5. The summed E-state index contributed by atoms with van der Waals surface area (Å²) in [5.41, 5.74) is 1.79. The number of alkyl carbamates (subject to hydrolysis) is 1. The third-order valence-electron chi connectivity index (χ3n) is 5.59. The highest BCUT2D eigenvalue weighted by atomic mass is 16.6. The zero-order valence-corrected chi connectivity index (χ0v) is 22.8. The SMILES string of the molecule is CCc1ccc(C(C(=O)NC(C)C)N(CCO)C(=O)C(Cc2ccccc2)NC(=O)OC(C)(C)C)cc1. The van der Waals surface area contributed by atoms with Crippen LogP contribution in [0.4, 0.5) is 4.79 Å². The quantitative estimate of drug-likeness (QED) is 0.426. The summed E-state index contributed by atoms with van der Waals surface area (Å²) < 4.78 is 5.42. The summed E-state index contributed by atoms with van der Waals surface area (Å²) >= 11 is 0. The molecule has 0 aliphatic rings. The molecule has 0 radical (unpaired) electrons. The molecule has 2 aromatic carbocycles. The fourth-order valence-electron chi connectivity index (χ4n) is 3.95. The highest BCUT2D eigenvalue weighted by Crippen LogP contribution is 2.24. The minimum absolute atomic E-state index is 0.0914. The Bertz CT molecular complexity index is 1020. The Morgan fingerprint density at radius 1 is 0.946 bits per heavy atom. The molecule has 0 saturated heterocycles. The van der Waals surface area contributed by atoms with Crippen LogP contribution in [0.15, 0.2) is 54.6 Å². The first-order valence-corrected chi connectivity index (χ1v) is 12.8. The summed E-state index contributed by atoms with van der Waals surface area (Å²) in [7, 11) is 0. The topological polar surface area (TPSA) is 108 Å². The average Bonchev–Trinajstić information content (AvgIpc) is 2.82. The van der Waals surface area contributed by atoms with E-state index < -0.39 is 29.7 Å². The lowest BCUT2D eigenvalue weighted by atomic mass is 9.99. The van der Waals surface area contributed by atoms with E-state index in [9.17, 15) is 19.5 Å². The molecule has 37 heavy (non-hydrogen) atoms. The second kappa shape index (κ2) is 13.8. The van der Waals surface area contributed by atoms with Crippen molar-refractivity contribution in [3.63, 3.8) is 0 Å². The summed E-state index contributed by atoms with van der Waals surface area (Å²) in [5, 5.41) is 15.5. The van der Waals surface area contributed by atoms with E-state index in [2.05, 4.69) is 10.6 Å². The molecule has 8 heteroatoms. The Morgan fingerprint density at radius 2 is 1.57 bits per heavy atom. The van der Waals surface area contributed by atoms with Crippen molar-refractivity contribution in [1.82, 2.24) is 15.5 Å². The fraction of sp³-hybridized carbons (Fsp3) is 0.483. The predicted molar refractivity (Wildman–Crippen MR) is 144 cm³/mol. The van der Waals surface area contributed by atoms with Crippen molar-refractivity contribution in [2.45, 2.75) is 78.1 Å². The van der Waals surface area contributed by atoms with Gasteiger partial charge in [-0.15, -0.1) is 0 Å². The van der Waals surface area contributed by atoms with Crippen LogP contribution in [-0.4, -0.2) is 58.8 Å². The number of carbonyl (C=O) groups excluding carboxylic acids is 3. The smallest absolute Gasteiger partial charge is 0.408 e. The normalized spacial score (nSPS) is 13.0. The maximum Gasteiger partial charge on any atom is 0.408 e. The van der Waals surface area contributed by atoms with Gasteiger partial charge in [-0.1, -0.05) is 61.5 Å². The number of aliphatic hydroxyl groups is 1. The molecule has 8 nitrogen and oxygen atoms in total. The number of rotatable bonds is 11. The molecule has 0 heterocycles. The maximum absolute atomic E-state index is 14.0. The van der Waals surface area contributed by atoms with Crippen LogP contribution in [0.5, 0.6) is 0 Å². The van der Waals surface area contributed by atoms with Crippen LogP contribution in [0.2, 0.25) is 0 Å². The fourth-order valence-corrected chi connectivity index (χ4v) is 3.95. The molecule has 2 rings (SSSR count). The van der Waals surface area contributed by atoms with Gasteiger partial charge in [0, 0.05) is 19.0 Å². The number of amides is 3. The van der Waals surface area contributed by atoms with Crippen LogP contribution in [0.1, 0.15) is 64.3 Å². The van der Waals surface area contributed by atoms with Gasteiger partial charge < -0.3 is 25.4 Å². The van der Waals surface area contributed by atoms with E-state index in [4.69, 9.17) is 4.74 Å². The average molecular weight is 512 g/mol. The molecule has 2 aromatic rings. The molecular formula is C29H41N3O5. The second-order valence-corrected chi connectivity index (χ2v) is 10.3. The lowest BCUT2D eigenvalue weighted by molar-refractivity contribution is -0.143. The van der Waals surface area contributed by atoms with Gasteiger partial charge >= 0.3 is 6.09 Å². The first-order chi connectivity index (χ1) is 17.4. The van der Waals surface area contributed by atoms with Gasteiger partial charge in [0.1, 0.15) is 17.7 Å². The predicted octanol–water partition coefficient (Wildman–Crippen LogP) is 3.77. The van der Waals surface area contributed by atoms with Crippen molar-refractivity contribution in [3.8, 4) is 0 Å².